The molecule has 2 aliphatic heterocycles. The third kappa shape index (κ3) is 4.78. The fraction of sp³-hybridized carbons (Fsp3) is 0.522. The lowest BCUT2D eigenvalue weighted by Gasteiger charge is -2.33. The first kappa shape index (κ1) is 21.1. The molecule has 3 atom stereocenters. The van der Waals surface area contributed by atoms with Crippen LogP contribution in [0.25, 0.3) is 10.9 Å². The summed E-state index contributed by atoms with van der Waals surface area (Å²) in [4.78, 5) is 32.9. The molecule has 2 fully saturated rings. The highest BCUT2D eigenvalue weighted by atomic mass is 32.2. The van der Waals surface area contributed by atoms with Crippen LogP contribution in [0, 0.1) is 0 Å². The van der Waals surface area contributed by atoms with E-state index in [0.29, 0.717) is 18.2 Å². The molecule has 1 aromatic carbocycles. The monoisotopic (exact) mass is 426 g/mol. The predicted molar refractivity (Wildman–Crippen MR) is 122 cm³/mol. The Morgan fingerprint density at radius 3 is 2.90 bits per heavy atom. The van der Waals surface area contributed by atoms with Crippen LogP contribution in [0.4, 0.5) is 0 Å². The van der Waals surface area contributed by atoms with Crippen molar-refractivity contribution in [3.05, 3.63) is 42.1 Å². The highest BCUT2D eigenvalue weighted by Crippen LogP contribution is 2.27. The van der Waals surface area contributed by atoms with Crippen molar-refractivity contribution in [2.75, 3.05) is 25.1 Å². The number of hydrogen-bond acceptors (Lipinski definition) is 5. The topological polar surface area (TPSA) is 74.3 Å². The molecule has 7 heteroatoms. The van der Waals surface area contributed by atoms with Crippen molar-refractivity contribution in [2.45, 2.75) is 50.2 Å². The Bertz CT molecular complexity index is 906. The van der Waals surface area contributed by atoms with Crippen LogP contribution in [0.2, 0.25) is 0 Å². The molecule has 0 saturated carbocycles. The fourth-order valence-electron chi connectivity index (χ4n) is 4.63. The number of aromatic nitrogens is 1. The van der Waals surface area contributed by atoms with E-state index in [-0.39, 0.29) is 17.9 Å². The Labute approximate surface area is 182 Å². The summed E-state index contributed by atoms with van der Waals surface area (Å²) in [5, 5.41) is 7.18. The molecule has 2 aromatic rings. The number of nitrogens with zero attached hydrogens (tertiary/aromatic N) is 2. The lowest BCUT2D eigenvalue weighted by molar-refractivity contribution is -0.124. The van der Waals surface area contributed by atoms with E-state index in [1.807, 2.05) is 36.6 Å². The number of piperidine rings is 1. The SMILES string of the molecule is CSCC[C@H](NC(=O)c1ccc2ccccc2n1)C(=O)N[C@@H]1CCN2CCCC[C@@H]12. The molecular weight excluding hydrogens is 396 g/mol. The maximum absolute atomic E-state index is 13.1. The normalized spacial score (nSPS) is 22.4. The van der Waals surface area contributed by atoms with Crippen molar-refractivity contribution in [3.63, 3.8) is 0 Å². The van der Waals surface area contributed by atoms with Gasteiger partial charge in [-0.2, -0.15) is 11.8 Å². The molecule has 2 N–H and O–H groups in total. The van der Waals surface area contributed by atoms with Gasteiger partial charge < -0.3 is 10.6 Å². The number of nitrogens with one attached hydrogen (secondary N) is 2. The largest absolute Gasteiger partial charge is 0.350 e. The van der Waals surface area contributed by atoms with Gasteiger partial charge in [0.1, 0.15) is 11.7 Å². The van der Waals surface area contributed by atoms with Gasteiger partial charge in [0.2, 0.25) is 5.91 Å². The minimum atomic E-state index is -0.545. The number of thioether (sulfide) groups is 1. The van der Waals surface area contributed by atoms with Gasteiger partial charge in [0.25, 0.3) is 5.91 Å². The average Bonchev–Trinajstić information content (AvgIpc) is 3.18. The number of fused-ring (bicyclic) bond motifs is 2. The molecule has 160 valence electrons. The van der Waals surface area contributed by atoms with Gasteiger partial charge in [-0.1, -0.05) is 30.7 Å². The van der Waals surface area contributed by atoms with Crippen molar-refractivity contribution >= 4 is 34.5 Å². The predicted octanol–water partition coefficient (Wildman–Crippen LogP) is 2.83. The lowest BCUT2D eigenvalue weighted by atomic mass is 9.98. The summed E-state index contributed by atoms with van der Waals surface area (Å²) >= 11 is 1.68. The van der Waals surface area contributed by atoms with E-state index in [0.717, 1.165) is 42.6 Å². The number of amides is 2. The molecule has 2 amide bonds. The Hall–Kier alpha value is -2.12. The Kier molecular flexibility index (Phi) is 6.89. The zero-order valence-electron chi connectivity index (χ0n) is 17.5. The van der Waals surface area contributed by atoms with Crippen LogP contribution in [-0.2, 0) is 4.79 Å². The van der Waals surface area contributed by atoms with E-state index >= 15 is 0 Å². The number of para-hydroxylation sites is 1. The van der Waals surface area contributed by atoms with Gasteiger partial charge in [-0.05, 0) is 56.4 Å². The first-order valence-corrected chi connectivity index (χ1v) is 12.2. The molecular formula is C23H30N4O2S. The van der Waals surface area contributed by atoms with Gasteiger partial charge in [-0.15, -0.1) is 0 Å². The van der Waals surface area contributed by atoms with Crippen LogP contribution in [0.5, 0.6) is 0 Å². The van der Waals surface area contributed by atoms with E-state index in [4.69, 9.17) is 0 Å². The van der Waals surface area contributed by atoms with Gasteiger partial charge in [0, 0.05) is 24.0 Å². The first-order chi connectivity index (χ1) is 14.7. The smallest absolute Gasteiger partial charge is 0.270 e. The van der Waals surface area contributed by atoms with Crippen molar-refractivity contribution in [3.8, 4) is 0 Å². The molecule has 30 heavy (non-hydrogen) atoms. The van der Waals surface area contributed by atoms with Crippen molar-refractivity contribution in [1.29, 1.82) is 0 Å². The van der Waals surface area contributed by atoms with Crippen LogP contribution in [-0.4, -0.2) is 64.9 Å². The van der Waals surface area contributed by atoms with Gasteiger partial charge in [-0.3, -0.25) is 14.5 Å². The van der Waals surface area contributed by atoms with E-state index < -0.39 is 6.04 Å². The molecule has 0 aliphatic carbocycles. The fourth-order valence-corrected chi connectivity index (χ4v) is 5.10. The molecule has 6 nitrogen and oxygen atoms in total. The van der Waals surface area contributed by atoms with Gasteiger partial charge in [0.05, 0.1) is 5.52 Å². The summed E-state index contributed by atoms with van der Waals surface area (Å²) in [6, 6.07) is 11.4. The summed E-state index contributed by atoms with van der Waals surface area (Å²) in [6.45, 7) is 2.19. The van der Waals surface area contributed by atoms with Gasteiger partial charge in [-0.25, -0.2) is 4.98 Å². The second-order valence-corrected chi connectivity index (χ2v) is 9.19. The molecule has 1 aromatic heterocycles. The highest BCUT2D eigenvalue weighted by molar-refractivity contribution is 7.98. The maximum atomic E-state index is 13.1. The number of carbonyl (C=O) groups excluding carboxylic acids is 2. The van der Waals surface area contributed by atoms with E-state index in [2.05, 4.69) is 20.5 Å². The highest BCUT2D eigenvalue weighted by Gasteiger charge is 2.37. The van der Waals surface area contributed by atoms with Crippen LogP contribution >= 0.6 is 11.8 Å². The van der Waals surface area contributed by atoms with Gasteiger partial charge >= 0.3 is 0 Å². The summed E-state index contributed by atoms with van der Waals surface area (Å²) in [7, 11) is 0. The van der Waals surface area contributed by atoms with Crippen LogP contribution in [0.3, 0.4) is 0 Å². The lowest BCUT2D eigenvalue weighted by Crippen LogP contribution is -2.53. The molecule has 3 heterocycles. The first-order valence-electron chi connectivity index (χ1n) is 10.9. The minimum absolute atomic E-state index is 0.0735. The van der Waals surface area contributed by atoms with Crippen LogP contribution in [0.1, 0.15) is 42.6 Å². The molecule has 2 saturated heterocycles. The standard InChI is InChI=1S/C23H30N4O2S/c1-30-15-12-20(23(29)25-18-11-14-27-13-5-4-8-21(18)27)26-22(28)19-10-9-16-6-2-3-7-17(16)24-19/h2-3,6-7,9-10,18,20-21H,4-5,8,11-15H2,1H3,(H,25,29)(H,26,28)/t18-,20+,21+/m1/s1. The maximum Gasteiger partial charge on any atom is 0.270 e. The molecule has 0 unspecified atom stereocenters. The minimum Gasteiger partial charge on any atom is -0.350 e. The van der Waals surface area contributed by atoms with Crippen LogP contribution in [0.15, 0.2) is 36.4 Å². The van der Waals surface area contributed by atoms with E-state index in [9.17, 15) is 9.59 Å². The van der Waals surface area contributed by atoms with E-state index in [1.165, 1.54) is 12.8 Å². The summed E-state index contributed by atoms with van der Waals surface area (Å²) < 4.78 is 0. The number of pyridine rings is 1. The van der Waals surface area contributed by atoms with Crippen molar-refractivity contribution in [1.82, 2.24) is 20.5 Å². The zero-order chi connectivity index (χ0) is 20.9. The number of carbonyl (C=O) groups is 2. The molecule has 2 aliphatic rings. The van der Waals surface area contributed by atoms with Crippen molar-refractivity contribution < 1.29 is 9.59 Å². The second kappa shape index (κ2) is 9.79. The average molecular weight is 427 g/mol. The second-order valence-electron chi connectivity index (χ2n) is 8.20. The Balaban J connectivity index is 1.43. The number of benzene rings is 1. The molecule has 0 spiro atoms. The zero-order valence-corrected chi connectivity index (χ0v) is 18.3. The summed E-state index contributed by atoms with van der Waals surface area (Å²) in [6.07, 6.45) is 7.24. The Morgan fingerprint density at radius 1 is 1.17 bits per heavy atom. The molecule has 0 bridgehead atoms. The third-order valence-electron chi connectivity index (χ3n) is 6.25. The summed E-state index contributed by atoms with van der Waals surface area (Å²) in [5.74, 6) is 0.437. The number of hydrogen-bond donors (Lipinski definition) is 2. The third-order valence-corrected chi connectivity index (χ3v) is 6.89. The van der Waals surface area contributed by atoms with Crippen LogP contribution < -0.4 is 10.6 Å². The van der Waals surface area contributed by atoms with Crippen molar-refractivity contribution in [2.24, 2.45) is 0 Å². The number of rotatable bonds is 7. The molecule has 0 radical (unpaired) electrons. The molecule has 4 rings (SSSR count). The van der Waals surface area contributed by atoms with Gasteiger partial charge in [0.15, 0.2) is 0 Å². The summed E-state index contributed by atoms with van der Waals surface area (Å²) in [5.41, 5.74) is 1.12. The quantitative estimate of drug-likeness (QED) is 0.712. The Morgan fingerprint density at radius 2 is 2.03 bits per heavy atom. The van der Waals surface area contributed by atoms with E-state index in [1.54, 1.807) is 17.8 Å².